The van der Waals surface area contributed by atoms with Crippen molar-refractivity contribution in [2.24, 2.45) is 11.8 Å². The Kier molecular flexibility index (Phi) is 3.04. The van der Waals surface area contributed by atoms with Gasteiger partial charge in [-0.2, -0.15) is 0 Å². The van der Waals surface area contributed by atoms with Gasteiger partial charge in [0.25, 0.3) is 0 Å². The Balaban J connectivity index is 1.72. The molecule has 3 aliphatic rings. The molecule has 2 amide bonds. The molecular weight excluding hydrogens is 228 g/mol. The monoisotopic (exact) mass is 250 g/mol. The molecule has 2 saturated carbocycles. The molecule has 4 heteroatoms. The van der Waals surface area contributed by atoms with Crippen LogP contribution in [0.5, 0.6) is 0 Å². The second-order valence-corrected chi connectivity index (χ2v) is 6.02. The van der Waals surface area contributed by atoms with Crippen LogP contribution in [0.3, 0.4) is 0 Å². The van der Waals surface area contributed by atoms with Crippen molar-refractivity contribution in [2.45, 2.75) is 57.5 Å². The van der Waals surface area contributed by atoms with Gasteiger partial charge >= 0.3 is 0 Å². The van der Waals surface area contributed by atoms with Gasteiger partial charge in [0.05, 0.1) is 0 Å². The van der Waals surface area contributed by atoms with E-state index in [2.05, 4.69) is 5.32 Å². The van der Waals surface area contributed by atoms with E-state index in [1.54, 1.807) is 0 Å². The molecule has 0 bridgehead atoms. The average molecular weight is 250 g/mol. The van der Waals surface area contributed by atoms with E-state index in [9.17, 15) is 9.59 Å². The quantitative estimate of drug-likeness (QED) is 0.799. The second kappa shape index (κ2) is 4.56. The van der Waals surface area contributed by atoms with Gasteiger partial charge in [-0.25, -0.2) is 0 Å². The molecule has 0 spiro atoms. The predicted molar refractivity (Wildman–Crippen MR) is 67.8 cm³/mol. The van der Waals surface area contributed by atoms with Crippen molar-refractivity contribution < 1.29 is 9.59 Å². The summed E-state index contributed by atoms with van der Waals surface area (Å²) in [6, 6.07) is -0.453. The van der Waals surface area contributed by atoms with Crippen molar-refractivity contribution >= 4 is 11.8 Å². The third-order valence-electron chi connectivity index (χ3n) is 4.45. The summed E-state index contributed by atoms with van der Waals surface area (Å²) in [6.45, 7) is 2.74. The molecule has 1 heterocycles. The highest BCUT2D eigenvalue weighted by Gasteiger charge is 2.47. The minimum atomic E-state index is -0.285. The third-order valence-corrected chi connectivity index (χ3v) is 4.45. The molecule has 100 valence electrons. The van der Waals surface area contributed by atoms with Crippen LogP contribution in [-0.2, 0) is 9.59 Å². The molecule has 0 radical (unpaired) electrons. The molecule has 1 saturated heterocycles. The number of carbonyl (C=O) groups excluding carboxylic acids is 2. The Morgan fingerprint density at radius 3 is 2.50 bits per heavy atom. The van der Waals surface area contributed by atoms with Crippen LogP contribution in [0, 0.1) is 11.8 Å². The molecule has 0 aromatic heterocycles. The number of hydrogen-bond donors (Lipinski definition) is 1. The Labute approximate surface area is 108 Å². The standard InChI is InChI=1S/C14H22N2O2/c1-2-11-14(18)16(8-7-9-3-4-9)12(10-5-6-10)13(17)15-11/h9-12H,2-8H2,1H3,(H,15,17). The molecule has 18 heavy (non-hydrogen) atoms. The lowest BCUT2D eigenvalue weighted by molar-refractivity contribution is -0.150. The zero-order valence-corrected chi connectivity index (χ0v) is 11.0. The van der Waals surface area contributed by atoms with Crippen LogP contribution in [0.15, 0.2) is 0 Å². The van der Waals surface area contributed by atoms with Gasteiger partial charge in [0.15, 0.2) is 0 Å². The molecular formula is C14H22N2O2. The minimum Gasteiger partial charge on any atom is -0.343 e. The molecule has 2 atom stereocenters. The molecule has 2 aliphatic carbocycles. The van der Waals surface area contributed by atoms with Crippen molar-refractivity contribution in [3.63, 3.8) is 0 Å². The van der Waals surface area contributed by atoms with Crippen molar-refractivity contribution in [2.75, 3.05) is 6.54 Å². The van der Waals surface area contributed by atoms with E-state index in [0.29, 0.717) is 12.3 Å². The van der Waals surface area contributed by atoms with Crippen LogP contribution in [0.1, 0.15) is 45.4 Å². The number of nitrogens with one attached hydrogen (secondary N) is 1. The Bertz CT molecular complexity index is 361. The van der Waals surface area contributed by atoms with E-state index in [4.69, 9.17) is 0 Å². The maximum absolute atomic E-state index is 12.4. The number of piperazine rings is 1. The van der Waals surface area contributed by atoms with E-state index in [1.807, 2.05) is 11.8 Å². The maximum atomic E-state index is 12.4. The topological polar surface area (TPSA) is 49.4 Å². The number of nitrogens with zero attached hydrogens (tertiary/aromatic N) is 1. The fourth-order valence-corrected chi connectivity index (χ4v) is 2.93. The van der Waals surface area contributed by atoms with Crippen molar-refractivity contribution in [1.29, 1.82) is 0 Å². The summed E-state index contributed by atoms with van der Waals surface area (Å²) in [6.07, 6.45) is 6.59. The van der Waals surface area contributed by atoms with Gasteiger partial charge in [-0.3, -0.25) is 9.59 Å². The summed E-state index contributed by atoms with van der Waals surface area (Å²) in [4.78, 5) is 26.4. The summed E-state index contributed by atoms with van der Waals surface area (Å²) in [5, 5.41) is 2.89. The Hall–Kier alpha value is -1.06. The molecule has 0 aromatic rings. The fourth-order valence-electron chi connectivity index (χ4n) is 2.93. The average Bonchev–Trinajstić information content (AvgIpc) is 3.22. The van der Waals surface area contributed by atoms with Gasteiger partial charge in [-0.1, -0.05) is 19.8 Å². The number of rotatable bonds is 5. The zero-order chi connectivity index (χ0) is 12.7. The molecule has 2 unspecified atom stereocenters. The van der Waals surface area contributed by atoms with Crippen LogP contribution in [0.2, 0.25) is 0 Å². The lowest BCUT2D eigenvalue weighted by Crippen LogP contribution is -2.64. The number of carbonyl (C=O) groups is 2. The van der Waals surface area contributed by atoms with E-state index in [0.717, 1.165) is 31.7 Å². The largest absolute Gasteiger partial charge is 0.343 e. The first-order chi connectivity index (χ1) is 8.70. The first-order valence-electron chi connectivity index (χ1n) is 7.31. The number of hydrogen-bond acceptors (Lipinski definition) is 2. The van der Waals surface area contributed by atoms with Gasteiger partial charge in [0.1, 0.15) is 12.1 Å². The van der Waals surface area contributed by atoms with Crippen molar-refractivity contribution in [3.05, 3.63) is 0 Å². The lowest BCUT2D eigenvalue weighted by atomic mass is 10.0. The third kappa shape index (κ3) is 2.25. The van der Waals surface area contributed by atoms with Gasteiger partial charge in [0.2, 0.25) is 11.8 Å². The van der Waals surface area contributed by atoms with Crippen LogP contribution < -0.4 is 5.32 Å². The van der Waals surface area contributed by atoms with Gasteiger partial charge in [-0.05, 0) is 37.5 Å². The highest BCUT2D eigenvalue weighted by Crippen LogP contribution is 2.38. The summed E-state index contributed by atoms with van der Waals surface area (Å²) in [7, 11) is 0. The van der Waals surface area contributed by atoms with E-state index in [1.165, 1.54) is 12.8 Å². The molecule has 4 nitrogen and oxygen atoms in total. The Morgan fingerprint density at radius 2 is 1.94 bits per heavy atom. The highest BCUT2D eigenvalue weighted by atomic mass is 16.2. The normalized spacial score (nSPS) is 32.6. The van der Waals surface area contributed by atoms with Crippen molar-refractivity contribution in [1.82, 2.24) is 10.2 Å². The minimum absolute atomic E-state index is 0.0831. The maximum Gasteiger partial charge on any atom is 0.245 e. The van der Waals surface area contributed by atoms with Crippen LogP contribution in [0.4, 0.5) is 0 Å². The molecule has 3 fully saturated rings. The summed E-state index contributed by atoms with van der Waals surface area (Å²) >= 11 is 0. The smallest absolute Gasteiger partial charge is 0.245 e. The van der Waals surface area contributed by atoms with Crippen LogP contribution in [-0.4, -0.2) is 35.3 Å². The van der Waals surface area contributed by atoms with Gasteiger partial charge in [0, 0.05) is 6.54 Å². The van der Waals surface area contributed by atoms with E-state index >= 15 is 0 Å². The number of amides is 2. The van der Waals surface area contributed by atoms with Gasteiger partial charge in [-0.15, -0.1) is 0 Å². The van der Waals surface area contributed by atoms with Crippen LogP contribution >= 0.6 is 0 Å². The highest BCUT2D eigenvalue weighted by molar-refractivity contribution is 5.97. The van der Waals surface area contributed by atoms with Crippen LogP contribution in [0.25, 0.3) is 0 Å². The first-order valence-corrected chi connectivity index (χ1v) is 7.31. The summed E-state index contributed by atoms with van der Waals surface area (Å²) < 4.78 is 0. The van der Waals surface area contributed by atoms with Crippen molar-refractivity contribution in [3.8, 4) is 0 Å². The lowest BCUT2D eigenvalue weighted by Gasteiger charge is -2.39. The zero-order valence-electron chi connectivity index (χ0n) is 11.0. The second-order valence-electron chi connectivity index (χ2n) is 6.02. The SMILES string of the molecule is CCC1NC(=O)C(C2CC2)N(CCC2CC2)C1=O. The predicted octanol–water partition coefficient (Wildman–Crippen LogP) is 1.30. The summed E-state index contributed by atoms with van der Waals surface area (Å²) in [5.74, 6) is 1.46. The van der Waals surface area contributed by atoms with Gasteiger partial charge < -0.3 is 10.2 Å². The molecule has 3 rings (SSSR count). The molecule has 1 aliphatic heterocycles. The summed E-state index contributed by atoms with van der Waals surface area (Å²) in [5.41, 5.74) is 0. The first kappa shape index (κ1) is 12.0. The molecule has 1 N–H and O–H groups in total. The fraction of sp³-hybridized carbons (Fsp3) is 0.857. The van der Waals surface area contributed by atoms with E-state index in [-0.39, 0.29) is 23.9 Å². The Morgan fingerprint density at radius 1 is 1.22 bits per heavy atom. The molecule has 0 aromatic carbocycles. The van der Waals surface area contributed by atoms with E-state index < -0.39 is 0 Å².